The standard InChI is InChI=1S/C19H31FN2O3/c1-13(2)6-4-7-14(3)21-12-18(23)17(22-19(24)25)11-15-8-5-9-16(20)10-15/h5,8-10,13-14,17-18,21-23H,4,6-7,11-12H2,1-3H3,(H,24,25)/t14?,17-,18-/m0/s1. The van der Waals surface area contributed by atoms with Crippen LogP contribution in [-0.2, 0) is 6.42 Å². The number of aliphatic hydroxyl groups is 1. The summed E-state index contributed by atoms with van der Waals surface area (Å²) in [7, 11) is 0. The Labute approximate surface area is 149 Å². The summed E-state index contributed by atoms with van der Waals surface area (Å²) in [4.78, 5) is 11.0. The number of halogens is 1. The lowest BCUT2D eigenvalue weighted by atomic mass is 10.0. The maximum Gasteiger partial charge on any atom is 0.404 e. The first-order valence-electron chi connectivity index (χ1n) is 8.93. The number of hydrogen-bond acceptors (Lipinski definition) is 3. The van der Waals surface area contributed by atoms with Crippen molar-refractivity contribution in [3.8, 4) is 0 Å². The van der Waals surface area contributed by atoms with Gasteiger partial charge in [0.05, 0.1) is 12.1 Å². The van der Waals surface area contributed by atoms with Crippen LogP contribution in [-0.4, -0.2) is 41.0 Å². The van der Waals surface area contributed by atoms with Crippen molar-refractivity contribution in [1.29, 1.82) is 0 Å². The number of benzene rings is 1. The minimum absolute atomic E-state index is 0.231. The van der Waals surface area contributed by atoms with Gasteiger partial charge in [-0.2, -0.15) is 0 Å². The van der Waals surface area contributed by atoms with Crippen molar-refractivity contribution in [3.63, 3.8) is 0 Å². The molecule has 1 amide bonds. The molecule has 0 spiro atoms. The van der Waals surface area contributed by atoms with Crippen molar-refractivity contribution in [1.82, 2.24) is 10.6 Å². The van der Waals surface area contributed by atoms with E-state index in [2.05, 4.69) is 31.4 Å². The molecule has 0 radical (unpaired) electrons. The zero-order chi connectivity index (χ0) is 18.8. The molecule has 3 atom stereocenters. The fourth-order valence-corrected chi connectivity index (χ4v) is 2.76. The Morgan fingerprint density at radius 3 is 2.56 bits per heavy atom. The zero-order valence-corrected chi connectivity index (χ0v) is 15.3. The molecule has 0 heterocycles. The van der Waals surface area contributed by atoms with Gasteiger partial charge in [-0.1, -0.05) is 38.8 Å². The quantitative estimate of drug-likeness (QED) is 0.492. The number of nitrogens with one attached hydrogen (secondary N) is 2. The molecule has 25 heavy (non-hydrogen) atoms. The predicted octanol–water partition coefficient (Wildman–Crippen LogP) is 3.17. The second-order valence-corrected chi connectivity index (χ2v) is 7.09. The summed E-state index contributed by atoms with van der Waals surface area (Å²) in [5.74, 6) is 0.297. The lowest BCUT2D eigenvalue weighted by Crippen LogP contribution is -2.49. The molecule has 0 saturated heterocycles. The van der Waals surface area contributed by atoms with Crippen LogP contribution in [0, 0.1) is 11.7 Å². The van der Waals surface area contributed by atoms with Crippen molar-refractivity contribution in [3.05, 3.63) is 35.6 Å². The molecule has 142 valence electrons. The van der Waals surface area contributed by atoms with Gasteiger partial charge in [-0.25, -0.2) is 9.18 Å². The van der Waals surface area contributed by atoms with E-state index in [4.69, 9.17) is 5.11 Å². The van der Waals surface area contributed by atoms with Gasteiger partial charge >= 0.3 is 6.09 Å². The molecule has 6 heteroatoms. The third kappa shape index (κ3) is 9.41. The molecule has 1 aromatic rings. The van der Waals surface area contributed by atoms with Crippen LogP contribution < -0.4 is 10.6 Å². The molecule has 0 aliphatic heterocycles. The molecule has 0 fully saturated rings. The summed E-state index contributed by atoms with van der Waals surface area (Å²) < 4.78 is 13.3. The van der Waals surface area contributed by atoms with Crippen LogP contribution in [0.25, 0.3) is 0 Å². The van der Waals surface area contributed by atoms with Crippen LogP contribution in [0.15, 0.2) is 24.3 Å². The molecule has 5 nitrogen and oxygen atoms in total. The van der Waals surface area contributed by atoms with Crippen LogP contribution >= 0.6 is 0 Å². The third-order valence-corrected chi connectivity index (χ3v) is 4.21. The number of rotatable bonds is 11. The highest BCUT2D eigenvalue weighted by Gasteiger charge is 2.22. The summed E-state index contributed by atoms with van der Waals surface area (Å²) in [5.41, 5.74) is 0.641. The number of aliphatic hydroxyl groups excluding tert-OH is 1. The second kappa shape index (κ2) is 11.1. The third-order valence-electron chi connectivity index (χ3n) is 4.21. The van der Waals surface area contributed by atoms with E-state index in [1.54, 1.807) is 12.1 Å². The Kier molecular flexibility index (Phi) is 9.45. The molecule has 1 aromatic carbocycles. The summed E-state index contributed by atoms with van der Waals surface area (Å²) in [6, 6.07) is 5.52. The molecule has 4 N–H and O–H groups in total. The summed E-state index contributed by atoms with van der Waals surface area (Å²) in [6.45, 7) is 6.72. The highest BCUT2D eigenvalue weighted by atomic mass is 19.1. The fourth-order valence-electron chi connectivity index (χ4n) is 2.76. The van der Waals surface area contributed by atoms with E-state index in [1.165, 1.54) is 12.1 Å². The van der Waals surface area contributed by atoms with Gasteiger partial charge in [0.15, 0.2) is 0 Å². The molecule has 0 aliphatic carbocycles. The molecule has 0 bridgehead atoms. The molecule has 0 aliphatic rings. The van der Waals surface area contributed by atoms with E-state index in [-0.39, 0.29) is 24.8 Å². The Morgan fingerprint density at radius 2 is 1.96 bits per heavy atom. The second-order valence-electron chi connectivity index (χ2n) is 7.09. The van der Waals surface area contributed by atoms with Gasteiger partial charge in [-0.15, -0.1) is 0 Å². The van der Waals surface area contributed by atoms with E-state index in [1.807, 2.05) is 0 Å². The number of amides is 1. The average Bonchev–Trinajstić information content (AvgIpc) is 2.51. The van der Waals surface area contributed by atoms with E-state index < -0.39 is 18.2 Å². The highest BCUT2D eigenvalue weighted by molar-refractivity contribution is 5.65. The van der Waals surface area contributed by atoms with Gasteiger partial charge in [-0.3, -0.25) is 0 Å². The molecular formula is C19H31FN2O3. The first-order chi connectivity index (χ1) is 11.8. The number of carbonyl (C=O) groups is 1. The van der Waals surface area contributed by atoms with Gasteiger partial charge < -0.3 is 20.8 Å². The van der Waals surface area contributed by atoms with Crippen LogP contribution in [0.5, 0.6) is 0 Å². The minimum Gasteiger partial charge on any atom is -0.465 e. The van der Waals surface area contributed by atoms with Gasteiger partial charge in [0, 0.05) is 12.6 Å². The van der Waals surface area contributed by atoms with Gasteiger partial charge in [0.25, 0.3) is 0 Å². The Morgan fingerprint density at radius 1 is 1.24 bits per heavy atom. The molecule has 0 aromatic heterocycles. The largest absolute Gasteiger partial charge is 0.465 e. The first-order valence-corrected chi connectivity index (χ1v) is 8.93. The Balaban J connectivity index is 2.52. The van der Waals surface area contributed by atoms with E-state index in [9.17, 15) is 14.3 Å². The van der Waals surface area contributed by atoms with Crippen LogP contribution in [0.3, 0.4) is 0 Å². The van der Waals surface area contributed by atoms with Crippen LogP contribution in [0.1, 0.15) is 45.6 Å². The van der Waals surface area contributed by atoms with Crippen molar-refractivity contribution >= 4 is 6.09 Å². The van der Waals surface area contributed by atoms with E-state index in [0.717, 1.165) is 19.3 Å². The zero-order valence-electron chi connectivity index (χ0n) is 15.3. The van der Waals surface area contributed by atoms with Crippen molar-refractivity contribution in [2.24, 2.45) is 5.92 Å². The van der Waals surface area contributed by atoms with Crippen LogP contribution in [0.4, 0.5) is 9.18 Å². The van der Waals surface area contributed by atoms with E-state index in [0.29, 0.717) is 11.5 Å². The smallest absolute Gasteiger partial charge is 0.404 e. The molecule has 1 rings (SSSR count). The molecule has 1 unspecified atom stereocenters. The van der Waals surface area contributed by atoms with Crippen molar-refractivity contribution in [2.75, 3.05) is 6.54 Å². The summed E-state index contributed by atoms with van der Waals surface area (Å²) in [5, 5.41) is 24.9. The summed E-state index contributed by atoms with van der Waals surface area (Å²) >= 11 is 0. The fraction of sp³-hybridized carbons (Fsp3) is 0.632. The highest BCUT2D eigenvalue weighted by Crippen LogP contribution is 2.10. The SMILES string of the molecule is CC(C)CCCC(C)NC[C@H](O)[C@H](Cc1cccc(F)c1)NC(=O)O. The van der Waals surface area contributed by atoms with Crippen LogP contribution in [0.2, 0.25) is 0 Å². The lowest BCUT2D eigenvalue weighted by Gasteiger charge is -2.25. The molecule has 0 saturated carbocycles. The summed E-state index contributed by atoms with van der Waals surface area (Å²) in [6.07, 6.45) is 1.41. The van der Waals surface area contributed by atoms with Crippen molar-refractivity contribution in [2.45, 2.75) is 64.6 Å². The minimum atomic E-state index is -1.20. The predicted molar refractivity (Wildman–Crippen MR) is 97.2 cm³/mol. The Hall–Kier alpha value is -1.66. The monoisotopic (exact) mass is 354 g/mol. The maximum atomic E-state index is 13.3. The van der Waals surface area contributed by atoms with Gasteiger partial charge in [0.1, 0.15) is 5.82 Å². The number of carboxylic acid groups (broad SMARTS) is 1. The van der Waals surface area contributed by atoms with Crippen molar-refractivity contribution < 1.29 is 19.4 Å². The molecular weight excluding hydrogens is 323 g/mol. The normalized spacial score (nSPS) is 15.0. The number of hydrogen-bond donors (Lipinski definition) is 4. The topological polar surface area (TPSA) is 81.6 Å². The maximum absolute atomic E-state index is 13.3. The average molecular weight is 354 g/mol. The first kappa shape index (κ1) is 21.4. The van der Waals surface area contributed by atoms with Gasteiger partial charge in [0.2, 0.25) is 0 Å². The van der Waals surface area contributed by atoms with Gasteiger partial charge in [-0.05, 0) is 43.4 Å². The van der Waals surface area contributed by atoms with E-state index >= 15 is 0 Å². The lowest BCUT2D eigenvalue weighted by molar-refractivity contribution is 0.115. The Bertz CT molecular complexity index is 525.